The standard InChI is InChI=1S/C10H15N3O4/c1-10(2)16-5-7(17-10)4-13-6-11-12-8(13)9(14)15-3/h6-7H,4-5H2,1-3H3. The van der Waals surface area contributed by atoms with Gasteiger partial charge in [0.15, 0.2) is 5.79 Å². The number of nitrogens with zero attached hydrogens (tertiary/aromatic N) is 3. The van der Waals surface area contributed by atoms with E-state index in [0.29, 0.717) is 13.2 Å². The van der Waals surface area contributed by atoms with Gasteiger partial charge in [-0.1, -0.05) is 0 Å². The number of hydrogen-bond acceptors (Lipinski definition) is 6. The zero-order valence-corrected chi connectivity index (χ0v) is 10.0. The molecule has 0 N–H and O–H groups in total. The van der Waals surface area contributed by atoms with E-state index in [1.165, 1.54) is 13.4 Å². The van der Waals surface area contributed by atoms with E-state index in [9.17, 15) is 4.79 Å². The van der Waals surface area contributed by atoms with Crippen molar-refractivity contribution in [3.63, 3.8) is 0 Å². The molecule has 2 rings (SSSR count). The minimum Gasteiger partial charge on any atom is -0.463 e. The Morgan fingerprint density at radius 1 is 1.71 bits per heavy atom. The van der Waals surface area contributed by atoms with E-state index < -0.39 is 11.8 Å². The highest BCUT2D eigenvalue weighted by Crippen LogP contribution is 2.23. The molecule has 0 bridgehead atoms. The van der Waals surface area contributed by atoms with Crippen LogP contribution in [-0.2, 0) is 20.8 Å². The Morgan fingerprint density at radius 3 is 3.06 bits per heavy atom. The van der Waals surface area contributed by atoms with Gasteiger partial charge >= 0.3 is 5.97 Å². The Balaban J connectivity index is 2.05. The zero-order valence-electron chi connectivity index (χ0n) is 10.0. The minimum atomic E-state index is -0.579. The van der Waals surface area contributed by atoms with Crippen LogP contribution in [0.25, 0.3) is 0 Å². The number of methoxy groups -OCH3 is 1. The molecule has 1 saturated heterocycles. The molecule has 7 nitrogen and oxygen atoms in total. The first-order chi connectivity index (χ1) is 8.02. The lowest BCUT2D eigenvalue weighted by Gasteiger charge is -2.17. The van der Waals surface area contributed by atoms with Crippen LogP contribution in [0.4, 0.5) is 0 Å². The highest BCUT2D eigenvalue weighted by molar-refractivity contribution is 5.85. The Morgan fingerprint density at radius 2 is 2.47 bits per heavy atom. The SMILES string of the molecule is COC(=O)c1nncn1CC1COC(C)(C)O1. The lowest BCUT2D eigenvalue weighted by atomic mass is 10.3. The molecule has 0 radical (unpaired) electrons. The summed E-state index contributed by atoms with van der Waals surface area (Å²) < 4.78 is 17.3. The average Bonchev–Trinajstić information content (AvgIpc) is 2.85. The Hall–Kier alpha value is -1.47. The van der Waals surface area contributed by atoms with Gasteiger partial charge in [-0.3, -0.25) is 0 Å². The molecular weight excluding hydrogens is 226 g/mol. The Kier molecular flexibility index (Phi) is 3.12. The first kappa shape index (κ1) is 12.0. The number of rotatable bonds is 3. The summed E-state index contributed by atoms with van der Waals surface area (Å²) in [6.07, 6.45) is 1.35. The summed E-state index contributed by atoms with van der Waals surface area (Å²) in [7, 11) is 1.31. The van der Waals surface area contributed by atoms with Crippen LogP contribution in [-0.4, -0.2) is 46.3 Å². The van der Waals surface area contributed by atoms with Gasteiger partial charge in [0.25, 0.3) is 0 Å². The van der Waals surface area contributed by atoms with Crippen LogP contribution in [0.3, 0.4) is 0 Å². The molecule has 0 aliphatic carbocycles. The van der Waals surface area contributed by atoms with Gasteiger partial charge in [0.2, 0.25) is 5.82 Å². The second-order valence-corrected chi connectivity index (χ2v) is 4.25. The Labute approximate surface area is 98.7 Å². The zero-order chi connectivity index (χ0) is 12.5. The molecule has 1 aliphatic heterocycles. The molecule has 1 aliphatic rings. The lowest BCUT2D eigenvalue weighted by molar-refractivity contribution is -0.139. The molecule has 0 aromatic carbocycles. The van der Waals surface area contributed by atoms with Crippen LogP contribution in [0.1, 0.15) is 24.5 Å². The quantitative estimate of drug-likeness (QED) is 0.704. The van der Waals surface area contributed by atoms with E-state index in [1.54, 1.807) is 4.57 Å². The average molecular weight is 241 g/mol. The minimum absolute atomic E-state index is 0.121. The highest BCUT2D eigenvalue weighted by atomic mass is 16.7. The van der Waals surface area contributed by atoms with Crippen molar-refractivity contribution in [3.8, 4) is 0 Å². The number of aromatic nitrogens is 3. The van der Waals surface area contributed by atoms with E-state index in [-0.39, 0.29) is 11.9 Å². The van der Waals surface area contributed by atoms with E-state index in [1.807, 2.05) is 13.8 Å². The van der Waals surface area contributed by atoms with Crippen molar-refractivity contribution < 1.29 is 19.0 Å². The van der Waals surface area contributed by atoms with Gasteiger partial charge in [0.05, 0.1) is 20.3 Å². The molecule has 0 amide bonds. The summed E-state index contributed by atoms with van der Waals surface area (Å²) in [4.78, 5) is 11.4. The number of ether oxygens (including phenoxy) is 3. The smallest absolute Gasteiger partial charge is 0.376 e. The fourth-order valence-corrected chi connectivity index (χ4v) is 1.71. The predicted octanol–water partition coefficient (Wildman–Crippen LogP) is 0.216. The van der Waals surface area contributed by atoms with Gasteiger partial charge in [-0.15, -0.1) is 10.2 Å². The van der Waals surface area contributed by atoms with Crippen molar-refractivity contribution >= 4 is 5.97 Å². The topological polar surface area (TPSA) is 75.5 Å². The maximum Gasteiger partial charge on any atom is 0.376 e. The van der Waals surface area contributed by atoms with E-state index in [4.69, 9.17) is 9.47 Å². The maximum absolute atomic E-state index is 11.4. The number of carbonyl (C=O) groups is 1. The van der Waals surface area contributed by atoms with Gasteiger partial charge in [0, 0.05) is 0 Å². The fourth-order valence-electron chi connectivity index (χ4n) is 1.71. The monoisotopic (exact) mass is 241 g/mol. The molecule has 94 valence electrons. The molecule has 1 fully saturated rings. The van der Waals surface area contributed by atoms with Crippen LogP contribution in [0.15, 0.2) is 6.33 Å². The molecule has 0 spiro atoms. The van der Waals surface area contributed by atoms with Gasteiger partial charge < -0.3 is 18.8 Å². The molecule has 1 unspecified atom stereocenters. The largest absolute Gasteiger partial charge is 0.463 e. The molecule has 17 heavy (non-hydrogen) atoms. The molecule has 7 heteroatoms. The van der Waals surface area contributed by atoms with Gasteiger partial charge in [-0.05, 0) is 13.8 Å². The van der Waals surface area contributed by atoms with E-state index in [0.717, 1.165) is 0 Å². The first-order valence-electron chi connectivity index (χ1n) is 5.30. The third-order valence-corrected chi connectivity index (χ3v) is 2.45. The van der Waals surface area contributed by atoms with Crippen LogP contribution in [0.5, 0.6) is 0 Å². The van der Waals surface area contributed by atoms with Crippen LogP contribution < -0.4 is 0 Å². The van der Waals surface area contributed by atoms with Crippen molar-refractivity contribution in [1.82, 2.24) is 14.8 Å². The summed E-state index contributed by atoms with van der Waals surface area (Å²) in [5.41, 5.74) is 0. The van der Waals surface area contributed by atoms with E-state index in [2.05, 4.69) is 14.9 Å². The molecular formula is C10H15N3O4. The van der Waals surface area contributed by atoms with Crippen molar-refractivity contribution in [2.24, 2.45) is 0 Å². The summed E-state index contributed by atoms with van der Waals surface area (Å²) >= 11 is 0. The van der Waals surface area contributed by atoms with Crippen LogP contribution in [0.2, 0.25) is 0 Å². The second kappa shape index (κ2) is 4.42. The number of esters is 1. The second-order valence-electron chi connectivity index (χ2n) is 4.25. The number of carbonyl (C=O) groups excluding carboxylic acids is 1. The van der Waals surface area contributed by atoms with Crippen molar-refractivity contribution in [3.05, 3.63) is 12.2 Å². The first-order valence-corrected chi connectivity index (χ1v) is 5.30. The van der Waals surface area contributed by atoms with Gasteiger partial charge in [-0.2, -0.15) is 0 Å². The van der Waals surface area contributed by atoms with Gasteiger partial charge in [-0.25, -0.2) is 4.79 Å². The van der Waals surface area contributed by atoms with E-state index >= 15 is 0 Å². The van der Waals surface area contributed by atoms with Crippen LogP contribution in [0, 0.1) is 0 Å². The highest BCUT2D eigenvalue weighted by Gasteiger charge is 2.33. The van der Waals surface area contributed by atoms with Crippen molar-refractivity contribution in [2.45, 2.75) is 32.3 Å². The van der Waals surface area contributed by atoms with Crippen molar-refractivity contribution in [2.75, 3.05) is 13.7 Å². The normalized spacial score (nSPS) is 22.6. The van der Waals surface area contributed by atoms with Crippen LogP contribution >= 0.6 is 0 Å². The maximum atomic E-state index is 11.4. The third kappa shape index (κ3) is 2.62. The molecule has 1 aromatic rings. The van der Waals surface area contributed by atoms with Gasteiger partial charge in [0.1, 0.15) is 12.4 Å². The predicted molar refractivity (Wildman–Crippen MR) is 56.3 cm³/mol. The summed E-state index contributed by atoms with van der Waals surface area (Å²) in [5, 5.41) is 7.39. The lowest BCUT2D eigenvalue weighted by Crippen LogP contribution is -2.25. The third-order valence-electron chi connectivity index (χ3n) is 2.45. The molecule has 1 aromatic heterocycles. The number of hydrogen-bond donors (Lipinski definition) is 0. The fraction of sp³-hybridized carbons (Fsp3) is 0.700. The summed E-state index contributed by atoms with van der Waals surface area (Å²) in [5.74, 6) is -0.925. The molecule has 2 heterocycles. The Bertz CT molecular complexity index is 415. The summed E-state index contributed by atoms with van der Waals surface area (Å²) in [6, 6.07) is 0. The summed E-state index contributed by atoms with van der Waals surface area (Å²) in [6.45, 7) is 4.63. The van der Waals surface area contributed by atoms with Crippen molar-refractivity contribution in [1.29, 1.82) is 0 Å². The molecule has 1 atom stereocenters. The molecule has 0 saturated carbocycles.